The largest absolute Gasteiger partial charge is 0.478 e. The Kier molecular flexibility index (Phi) is 3.81. The van der Waals surface area contributed by atoms with Crippen LogP contribution >= 0.6 is 0 Å². The number of amides is 1. The van der Waals surface area contributed by atoms with Gasteiger partial charge in [0.15, 0.2) is 0 Å². The molecule has 1 amide bonds. The molecule has 1 atom stereocenters. The lowest BCUT2D eigenvalue weighted by atomic mass is 10.0. The third-order valence-electron chi connectivity index (χ3n) is 4.26. The SMILES string of the molecule is Cc1c(C(=O)O)c2cccnc2n1C(C)c1cccc(C(N)=O)c1. The van der Waals surface area contributed by atoms with Crippen molar-refractivity contribution in [2.45, 2.75) is 19.9 Å². The molecule has 0 bridgehead atoms. The Bertz CT molecular complexity index is 959. The van der Waals surface area contributed by atoms with Gasteiger partial charge in [-0.05, 0) is 43.7 Å². The summed E-state index contributed by atoms with van der Waals surface area (Å²) in [6, 6.07) is 10.3. The first-order chi connectivity index (χ1) is 11.4. The van der Waals surface area contributed by atoms with Crippen molar-refractivity contribution in [3.05, 3.63) is 65.0 Å². The van der Waals surface area contributed by atoms with Crippen molar-refractivity contribution in [3.8, 4) is 0 Å². The second kappa shape index (κ2) is 5.81. The predicted molar refractivity (Wildman–Crippen MR) is 90.2 cm³/mol. The number of nitrogens with zero attached hydrogens (tertiary/aromatic N) is 2. The second-order valence-electron chi connectivity index (χ2n) is 5.68. The molecule has 0 saturated heterocycles. The van der Waals surface area contributed by atoms with Crippen molar-refractivity contribution >= 4 is 22.9 Å². The van der Waals surface area contributed by atoms with Crippen LogP contribution in [-0.4, -0.2) is 26.5 Å². The van der Waals surface area contributed by atoms with Crippen molar-refractivity contribution in [1.82, 2.24) is 9.55 Å². The van der Waals surface area contributed by atoms with Crippen LogP contribution in [0.3, 0.4) is 0 Å². The minimum atomic E-state index is -0.984. The third kappa shape index (κ3) is 2.42. The van der Waals surface area contributed by atoms with Crippen molar-refractivity contribution in [1.29, 1.82) is 0 Å². The molecule has 1 aromatic carbocycles. The van der Waals surface area contributed by atoms with Gasteiger partial charge in [0.2, 0.25) is 5.91 Å². The quantitative estimate of drug-likeness (QED) is 0.771. The molecule has 2 aromatic heterocycles. The van der Waals surface area contributed by atoms with Gasteiger partial charge in [0.25, 0.3) is 0 Å². The lowest BCUT2D eigenvalue weighted by Gasteiger charge is -2.18. The van der Waals surface area contributed by atoms with Crippen molar-refractivity contribution in [2.24, 2.45) is 5.73 Å². The van der Waals surface area contributed by atoms with Crippen LogP contribution in [0.25, 0.3) is 11.0 Å². The van der Waals surface area contributed by atoms with Crippen LogP contribution < -0.4 is 5.73 Å². The zero-order valence-corrected chi connectivity index (χ0v) is 13.4. The van der Waals surface area contributed by atoms with Gasteiger partial charge < -0.3 is 15.4 Å². The molecule has 3 rings (SSSR count). The van der Waals surface area contributed by atoms with Gasteiger partial charge in [-0.3, -0.25) is 4.79 Å². The van der Waals surface area contributed by atoms with E-state index < -0.39 is 11.9 Å². The van der Waals surface area contributed by atoms with Crippen LogP contribution in [0.1, 0.15) is 44.9 Å². The zero-order chi connectivity index (χ0) is 17.4. The first-order valence-corrected chi connectivity index (χ1v) is 7.50. The lowest BCUT2D eigenvalue weighted by Crippen LogP contribution is -2.14. The number of pyridine rings is 1. The Labute approximate surface area is 138 Å². The molecule has 0 saturated carbocycles. The molecule has 24 heavy (non-hydrogen) atoms. The third-order valence-corrected chi connectivity index (χ3v) is 4.26. The van der Waals surface area contributed by atoms with Crippen LogP contribution in [0, 0.1) is 6.92 Å². The van der Waals surface area contributed by atoms with Gasteiger partial charge >= 0.3 is 5.97 Å². The molecule has 3 N–H and O–H groups in total. The number of fused-ring (bicyclic) bond motifs is 1. The number of hydrogen-bond donors (Lipinski definition) is 2. The highest BCUT2D eigenvalue weighted by molar-refractivity contribution is 6.04. The summed E-state index contributed by atoms with van der Waals surface area (Å²) < 4.78 is 1.87. The molecule has 6 nitrogen and oxygen atoms in total. The van der Waals surface area contributed by atoms with E-state index in [-0.39, 0.29) is 11.6 Å². The molecule has 6 heteroatoms. The number of primary amides is 1. The van der Waals surface area contributed by atoms with Gasteiger partial charge in [-0.2, -0.15) is 0 Å². The van der Waals surface area contributed by atoms with E-state index in [0.29, 0.717) is 22.3 Å². The van der Waals surface area contributed by atoms with Crippen LogP contribution in [-0.2, 0) is 0 Å². The van der Waals surface area contributed by atoms with Crippen molar-refractivity contribution in [2.75, 3.05) is 0 Å². The molecule has 0 fully saturated rings. The summed E-state index contributed by atoms with van der Waals surface area (Å²) in [5.74, 6) is -1.48. The first-order valence-electron chi connectivity index (χ1n) is 7.50. The van der Waals surface area contributed by atoms with Crippen LogP contribution in [0.4, 0.5) is 0 Å². The van der Waals surface area contributed by atoms with E-state index in [2.05, 4.69) is 4.98 Å². The Morgan fingerprint density at radius 1 is 1.25 bits per heavy atom. The number of hydrogen-bond acceptors (Lipinski definition) is 3. The average molecular weight is 323 g/mol. The maximum atomic E-state index is 11.6. The standard InChI is InChI=1S/C18H17N3O3/c1-10(12-5-3-6-13(9-12)16(19)22)21-11(2)15(18(23)24)14-7-4-8-20-17(14)21/h3-10H,1-2H3,(H2,19,22)(H,23,24). The van der Waals surface area contributed by atoms with E-state index in [0.717, 1.165) is 5.56 Å². The van der Waals surface area contributed by atoms with E-state index in [1.807, 2.05) is 17.6 Å². The Morgan fingerprint density at radius 2 is 2.00 bits per heavy atom. The summed E-state index contributed by atoms with van der Waals surface area (Å²) in [6.07, 6.45) is 1.64. The molecule has 122 valence electrons. The summed E-state index contributed by atoms with van der Waals surface area (Å²) >= 11 is 0. The van der Waals surface area contributed by atoms with E-state index in [1.165, 1.54) is 0 Å². The second-order valence-corrected chi connectivity index (χ2v) is 5.68. The highest BCUT2D eigenvalue weighted by Crippen LogP contribution is 2.30. The normalized spacial score (nSPS) is 12.2. The molecule has 0 aliphatic heterocycles. The highest BCUT2D eigenvalue weighted by atomic mass is 16.4. The van der Waals surface area contributed by atoms with Gasteiger partial charge in [-0.15, -0.1) is 0 Å². The van der Waals surface area contributed by atoms with Crippen LogP contribution in [0.5, 0.6) is 0 Å². The Hall–Kier alpha value is -3.15. The van der Waals surface area contributed by atoms with Crippen LogP contribution in [0.2, 0.25) is 0 Å². The summed E-state index contributed by atoms with van der Waals surface area (Å²) in [6.45, 7) is 3.70. The van der Waals surface area contributed by atoms with E-state index in [1.54, 1.807) is 43.5 Å². The van der Waals surface area contributed by atoms with Crippen molar-refractivity contribution < 1.29 is 14.7 Å². The van der Waals surface area contributed by atoms with Gasteiger partial charge in [-0.1, -0.05) is 12.1 Å². The number of carboxylic acid groups (broad SMARTS) is 1. The fourth-order valence-corrected chi connectivity index (χ4v) is 3.10. The van der Waals surface area contributed by atoms with E-state index >= 15 is 0 Å². The number of carbonyl (C=O) groups is 2. The zero-order valence-electron chi connectivity index (χ0n) is 13.4. The molecule has 0 radical (unpaired) electrons. The maximum absolute atomic E-state index is 11.6. The fraction of sp³-hybridized carbons (Fsp3) is 0.167. The molecule has 0 spiro atoms. The Balaban J connectivity index is 2.22. The van der Waals surface area contributed by atoms with Gasteiger partial charge in [0, 0.05) is 22.8 Å². The van der Waals surface area contributed by atoms with E-state index in [9.17, 15) is 14.7 Å². The number of carboxylic acids is 1. The molecule has 2 heterocycles. The molecule has 3 aromatic rings. The fourth-order valence-electron chi connectivity index (χ4n) is 3.10. The van der Waals surface area contributed by atoms with E-state index in [4.69, 9.17) is 5.73 Å². The summed E-state index contributed by atoms with van der Waals surface area (Å²) in [5.41, 5.74) is 8.09. The highest BCUT2D eigenvalue weighted by Gasteiger charge is 2.23. The molecule has 0 aliphatic rings. The molecule has 1 unspecified atom stereocenters. The summed E-state index contributed by atoms with van der Waals surface area (Å²) in [7, 11) is 0. The molecule has 0 aliphatic carbocycles. The number of rotatable bonds is 4. The minimum Gasteiger partial charge on any atom is -0.478 e. The van der Waals surface area contributed by atoms with Gasteiger partial charge in [-0.25, -0.2) is 9.78 Å². The lowest BCUT2D eigenvalue weighted by molar-refractivity contribution is 0.0697. The average Bonchev–Trinajstić information content (AvgIpc) is 2.86. The number of aromatic nitrogens is 2. The van der Waals surface area contributed by atoms with Gasteiger partial charge in [0.1, 0.15) is 5.65 Å². The number of aromatic carboxylic acids is 1. The topological polar surface area (TPSA) is 98.2 Å². The van der Waals surface area contributed by atoms with Gasteiger partial charge in [0.05, 0.1) is 11.6 Å². The minimum absolute atomic E-state index is 0.199. The predicted octanol–water partition coefficient (Wildman–Crippen LogP) is 2.75. The number of benzene rings is 1. The Morgan fingerprint density at radius 3 is 2.67 bits per heavy atom. The smallest absolute Gasteiger partial charge is 0.338 e. The first kappa shape index (κ1) is 15.7. The summed E-state index contributed by atoms with van der Waals surface area (Å²) in [5, 5.41) is 10.1. The number of carbonyl (C=O) groups excluding carboxylic acids is 1. The van der Waals surface area contributed by atoms with Crippen molar-refractivity contribution in [3.63, 3.8) is 0 Å². The monoisotopic (exact) mass is 323 g/mol. The molecular formula is C18H17N3O3. The molecular weight excluding hydrogens is 306 g/mol. The summed E-state index contributed by atoms with van der Waals surface area (Å²) in [4.78, 5) is 27.4. The number of nitrogens with two attached hydrogens (primary N) is 1. The van der Waals surface area contributed by atoms with Crippen LogP contribution in [0.15, 0.2) is 42.6 Å². The maximum Gasteiger partial charge on any atom is 0.338 e.